The molecular weight excluding hydrogens is 242 g/mol. The van der Waals surface area contributed by atoms with Crippen molar-refractivity contribution >= 4 is 17.5 Å². The van der Waals surface area contributed by atoms with Crippen LogP contribution in [0.3, 0.4) is 0 Å². The van der Waals surface area contributed by atoms with E-state index in [9.17, 15) is 4.79 Å². The Morgan fingerprint density at radius 1 is 1.06 bits per heavy atom. The Bertz CT molecular complexity index is 394. The van der Waals surface area contributed by atoms with Crippen molar-refractivity contribution in [3.05, 3.63) is 12.3 Å². The third-order valence-electron chi connectivity index (χ3n) is 5.32. The lowest BCUT2D eigenvalue weighted by Gasteiger charge is -2.56. The molecule has 5 atom stereocenters. The van der Waals surface area contributed by atoms with Crippen LogP contribution in [0.5, 0.6) is 0 Å². The molecule has 3 heteroatoms. The fraction of sp³-hybridized carbons (Fsp3) is 0.800. The topological polar surface area (TPSA) is 20.3 Å². The number of rotatable bonds is 0. The summed E-state index contributed by atoms with van der Waals surface area (Å²) >= 11 is 2.23. The summed E-state index contributed by atoms with van der Waals surface area (Å²) in [5.41, 5.74) is 0. The van der Waals surface area contributed by atoms with Gasteiger partial charge in [-0.05, 0) is 31.8 Å². The van der Waals surface area contributed by atoms with Gasteiger partial charge in [0.25, 0.3) is 0 Å². The molecule has 0 aromatic carbocycles. The lowest BCUT2D eigenvalue weighted by atomic mass is 9.77. The summed E-state index contributed by atoms with van der Waals surface area (Å²) in [5, 5.41) is 1.55. The zero-order chi connectivity index (χ0) is 12.1. The average Bonchev–Trinajstić information content (AvgIpc) is 2.42. The molecule has 0 aromatic rings. The highest BCUT2D eigenvalue weighted by molar-refractivity contribution is 8.00. The summed E-state index contributed by atoms with van der Waals surface area (Å²) in [4.78, 5) is 14.7. The van der Waals surface area contributed by atoms with Crippen LogP contribution in [-0.2, 0) is 4.79 Å². The van der Waals surface area contributed by atoms with E-state index in [-0.39, 0.29) is 0 Å². The van der Waals surface area contributed by atoms with Gasteiger partial charge >= 0.3 is 0 Å². The van der Waals surface area contributed by atoms with Crippen molar-refractivity contribution in [3.8, 4) is 0 Å². The summed E-state index contributed by atoms with van der Waals surface area (Å²) in [6.07, 6.45) is 13.2. The number of thioether (sulfide) groups is 1. The van der Waals surface area contributed by atoms with Crippen molar-refractivity contribution in [2.75, 3.05) is 0 Å². The number of fused-ring (bicyclic) bond motifs is 2. The van der Waals surface area contributed by atoms with Crippen molar-refractivity contribution in [2.24, 2.45) is 5.92 Å². The van der Waals surface area contributed by atoms with Gasteiger partial charge in [-0.1, -0.05) is 19.3 Å². The van der Waals surface area contributed by atoms with E-state index >= 15 is 0 Å². The van der Waals surface area contributed by atoms with Crippen LogP contribution in [0.15, 0.2) is 12.3 Å². The van der Waals surface area contributed by atoms with Crippen LogP contribution in [0.4, 0.5) is 0 Å². The van der Waals surface area contributed by atoms with Crippen molar-refractivity contribution in [3.63, 3.8) is 0 Å². The Hall–Kier alpha value is -0.440. The lowest BCUT2D eigenvalue weighted by molar-refractivity contribution is -0.123. The molecule has 98 valence electrons. The number of ketones is 1. The van der Waals surface area contributed by atoms with E-state index in [2.05, 4.69) is 22.9 Å². The van der Waals surface area contributed by atoms with Crippen LogP contribution < -0.4 is 0 Å². The molecule has 4 rings (SSSR count). The number of hydrogen-bond acceptors (Lipinski definition) is 3. The van der Waals surface area contributed by atoms with E-state index < -0.39 is 0 Å². The highest BCUT2D eigenvalue weighted by atomic mass is 32.2. The molecule has 2 aliphatic carbocycles. The monoisotopic (exact) mass is 263 g/mol. The van der Waals surface area contributed by atoms with E-state index in [4.69, 9.17) is 0 Å². The third-order valence-corrected chi connectivity index (χ3v) is 7.08. The Morgan fingerprint density at radius 2 is 1.89 bits per heavy atom. The van der Waals surface area contributed by atoms with Gasteiger partial charge in [0.1, 0.15) is 0 Å². The Balaban J connectivity index is 1.70. The summed E-state index contributed by atoms with van der Waals surface area (Å²) in [7, 11) is 0. The fourth-order valence-electron chi connectivity index (χ4n) is 4.51. The van der Waals surface area contributed by atoms with Gasteiger partial charge in [-0.15, -0.1) is 0 Å². The van der Waals surface area contributed by atoms with Gasteiger partial charge in [0, 0.05) is 28.7 Å². The molecule has 2 heterocycles. The molecule has 3 fully saturated rings. The maximum Gasteiger partial charge on any atom is 0.162 e. The lowest BCUT2D eigenvalue weighted by Crippen LogP contribution is -2.61. The first-order valence-electron chi connectivity index (χ1n) is 7.49. The minimum atomic E-state index is 0.309. The quantitative estimate of drug-likeness (QED) is 0.670. The number of carbonyl (C=O) groups excluding carboxylic acids is 1. The van der Waals surface area contributed by atoms with E-state index in [0.29, 0.717) is 17.7 Å². The average molecular weight is 263 g/mol. The third kappa shape index (κ3) is 1.59. The SMILES string of the molecule is O=C1C=CN2C3CCCCC3SC3CCCC1C32. The minimum absolute atomic E-state index is 0.309. The molecule has 4 aliphatic rings. The predicted octanol–water partition coefficient (Wildman–Crippen LogP) is 2.98. The Labute approximate surface area is 113 Å². The largest absolute Gasteiger partial charge is 0.368 e. The number of carbonyl (C=O) groups is 1. The molecule has 2 aliphatic heterocycles. The van der Waals surface area contributed by atoms with Gasteiger partial charge in [0.05, 0.1) is 6.04 Å². The Morgan fingerprint density at radius 3 is 2.83 bits per heavy atom. The first-order valence-corrected chi connectivity index (χ1v) is 8.44. The summed E-state index contributed by atoms with van der Waals surface area (Å²) in [6.45, 7) is 0. The number of hydrogen-bond donors (Lipinski definition) is 0. The van der Waals surface area contributed by atoms with Crippen LogP contribution in [0.25, 0.3) is 0 Å². The molecule has 0 N–H and O–H groups in total. The second-order valence-electron chi connectivity index (χ2n) is 6.26. The molecule has 1 saturated heterocycles. The number of allylic oxidation sites excluding steroid dienone is 1. The molecule has 5 unspecified atom stereocenters. The zero-order valence-corrected chi connectivity index (χ0v) is 11.6. The van der Waals surface area contributed by atoms with Crippen LogP contribution in [0.1, 0.15) is 44.9 Å². The van der Waals surface area contributed by atoms with E-state index in [1.807, 2.05) is 6.08 Å². The second kappa shape index (κ2) is 4.29. The maximum atomic E-state index is 12.1. The number of nitrogens with zero attached hydrogens (tertiary/aromatic N) is 1. The first kappa shape index (κ1) is 11.4. The van der Waals surface area contributed by atoms with E-state index in [1.165, 1.54) is 38.5 Å². The van der Waals surface area contributed by atoms with Crippen molar-refractivity contribution in [1.82, 2.24) is 4.90 Å². The molecule has 0 amide bonds. The van der Waals surface area contributed by atoms with Gasteiger partial charge in [-0.2, -0.15) is 11.8 Å². The van der Waals surface area contributed by atoms with Crippen LogP contribution in [0.2, 0.25) is 0 Å². The molecule has 0 aromatic heterocycles. The molecule has 0 bridgehead atoms. The molecule has 0 spiro atoms. The maximum absolute atomic E-state index is 12.1. The van der Waals surface area contributed by atoms with Crippen molar-refractivity contribution in [2.45, 2.75) is 67.5 Å². The standard InChI is InChI=1S/C15H21NOS/c17-12-8-9-16-11-5-1-2-6-13(11)18-14-7-3-4-10(12)15(14)16/h8-11,13-15H,1-7H2. The minimum Gasteiger partial charge on any atom is -0.368 e. The first-order chi connectivity index (χ1) is 8.84. The van der Waals surface area contributed by atoms with E-state index in [0.717, 1.165) is 23.0 Å². The molecule has 18 heavy (non-hydrogen) atoms. The van der Waals surface area contributed by atoms with Crippen LogP contribution >= 0.6 is 11.8 Å². The van der Waals surface area contributed by atoms with Gasteiger partial charge in [0.15, 0.2) is 5.78 Å². The summed E-state index contributed by atoms with van der Waals surface area (Å²) in [5.74, 6) is 0.708. The van der Waals surface area contributed by atoms with Crippen LogP contribution in [-0.4, -0.2) is 33.3 Å². The normalized spacial score (nSPS) is 46.6. The van der Waals surface area contributed by atoms with E-state index in [1.54, 1.807) is 0 Å². The van der Waals surface area contributed by atoms with Crippen LogP contribution in [0, 0.1) is 5.92 Å². The summed E-state index contributed by atoms with van der Waals surface area (Å²) < 4.78 is 0. The smallest absolute Gasteiger partial charge is 0.162 e. The molecule has 2 saturated carbocycles. The molecule has 0 radical (unpaired) electrons. The summed E-state index contributed by atoms with van der Waals surface area (Å²) in [6, 6.07) is 1.25. The van der Waals surface area contributed by atoms with Crippen molar-refractivity contribution in [1.29, 1.82) is 0 Å². The Kier molecular flexibility index (Phi) is 2.72. The fourth-order valence-corrected chi connectivity index (χ4v) is 6.52. The van der Waals surface area contributed by atoms with Gasteiger partial charge in [-0.3, -0.25) is 4.79 Å². The molecule has 2 nitrogen and oxygen atoms in total. The zero-order valence-electron chi connectivity index (χ0n) is 10.8. The highest BCUT2D eigenvalue weighted by Crippen LogP contribution is 2.49. The predicted molar refractivity (Wildman–Crippen MR) is 74.5 cm³/mol. The van der Waals surface area contributed by atoms with Gasteiger partial charge in [0.2, 0.25) is 0 Å². The van der Waals surface area contributed by atoms with Gasteiger partial charge < -0.3 is 4.90 Å². The molecular formula is C15H21NOS. The highest BCUT2D eigenvalue weighted by Gasteiger charge is 2.50. The second-order valence-corrected chi connectivity index (χ2v) is 7.74. The van der Waals surface area contributed by atoms with Crippen molar-refractivity contribution < 1.29 is 4.79 Å². The van der Waals surface area contributed by atoms with Gasteiger partial charge in [-0.25, -0.2) is 0 Å².